The van der Waals surface area contributed by atoms with Crippen molar-refractivity contribution in [1.29, 1.82) is 0 Å². The molecule has 2 aliphatic rings. The molecule has 3 rings (SSSR count). The molecule has 0 spiro atoms. The number of rotatable bonds is 12. The van der Waals surface area contributed by atoms with Gasteiger partial charge in [-0.3, -0.25) is 4.79 Å². The van der Waals surface area contributed by atoms with Crippen LogP contribution in [0.5, 0.6) is 0 Å². The highest BCUT2D eigenvalue weighted by Crippen LogP contribution is 2.41. The van der Waals surface area contributed by atoms with Crippen molar-refractivity contribution in [3.8, 4) is 0 Å². The molecule has 218 valence electrons. The fraction of sp³-hybridized carbons (Fsp3) is 0.531. The summed E-state index contributed by atoms with van der Waals surface area (Å²) in [6.07, 6.45) is 11.9. The van der Waals surface area contributed by atoms with Crippen LogP contribution in [0.3, 0.4) is 0 Å². The molecule has 1 unspecified atom stereocenters. The van der Waals surface area contributed by atoms with Crippen LogP contribution in [0.25, 0.3) is 5.57 Å². The number of alkyl carbamates (subject to hydrolysis) is 1. The van der Waals surface area contributed by atoms with Crippen LogP contribution in [0.2, 0.25) is 0 Å². The van der Waals surface area contributed by atoms with E-state index < -0.39 is 41.3 Å². The van der Waals surface area contributed by atoms with Gasteiger partial charge in [0.1, 0.15) is 17.7 Å². The van der Waals surface area contributed by atoms with Crippen molar-refractivity contribution in [3.63, 3.8) is 0 Å². The van der Waals surface area contributed by atoms with Gasteiger partial charge in [0.25, 0.3) is 0 Å². The maximum atomic E-state index is 13.9. The first-order chi connectivity index (χ1) is 19.0. The smallest absolute Gasteiger partial charge is 0.408 e. The average molecular weight is 553 g/mol. The summed E-state index contributed by atoms with van der Waals surface area (Å²) in [5.74, 6) is -1.63. The molecular weight excluding hydrogens is 508 g/mol. The Hall–Kier alpha value is -3.39. The van der Waals surface area contributed by atoms with Crippen molar-refractivity contribution >= 4 is 23.5 Å². The molecular formula is C32H44N2O6. The number of nitrogens with one attached hydrogen (secondary N) is 1. The van der Waals surface area contributed by atoms with Gasteiger partial charge in [0.15, 0.2) is 0 Å². The van der Waals surface area contributed by atoms with Gasteiger partial charge in [0, 0.05) is 19.4 Å². The summed E-state index contributed by atoms with van der Waals surface area (Å²) in [6, 6.07) is 8.09. The van der Waals surface area contributed by atoms with Crippen molar-refractivity contribution < 1.29 is 29.0 Å². The monoisotopic (exact) mass is 552 g/mol. The zero-order chi connectivity index (χ0) is 29.3. The molecule has 1 aliphatic heterocycles. The number of carbonyl (C=O) groups excluding carboxylic acids is 2. The molecule has 2 N–H and O–H groups in total. The molecule has 1 saturated heterocycles. The molecule has 0 saturated carbocycles. The number of hydrogen-bond donors (Lipinski definition) is 2. The summed E-state index contributed by atoms with van der Waals surface area (Å²) in [7, 11) is 1.58. The van der Waals surface area contributed by atoms with Crippen LogP contribution in [-0.2, 0) is 19.1 Å². The van der Waals surface area contributed by atoms with E-state index in [1.54, 1.807) is 27.9 Å². The lowest BCUT2D eigenvalue weighted by Crippen LogP contribution is -2.53. The molecule has 1 heterocycles. The molecule has 1 aromatic carbocycles. The quantitative estimate of drug-likeness (QED) is 0.253. The topological polar surface area (TPSA) is 105 Å². The Morgan fingerprint density at radius 1 is 1.20 bits per heavy atom. The second kappa shape index (κ2) is 13.8. The minimum Gasteiger partial charge on any atom is -0.480 e. The number of methoxy groups -OCH3 is 1. The summed E-state index contributed by atoms with van der Waals surface area (Å²) in [5, 5.41) is 12.9. The van der Waals surface area contributed by atoms with Gasteiger partial charge in [0.2, 0.25) is 5.91 Å². The molecule has 8 nitrogen and oxygen atoms in total. The van der Waals surface area contributed by atoms with Gasteiger partial charge in [-0.1, -0.05) is 67.5 Å². The molecule has 1 fully saturated rings. The van der Waals surface area contributed by atoms with Gasteiger partial charge in [-0.05, 0) is 57.6 Å². The highest BCUT2D eigenvalue weighted by molar-refractivity contribution is 5.90. The summed E-state index contributed by atoms with van der Waals surface area (Å²) >= 11 is 0. The molecule has 40 heavy (non-hydrogen) atoms. The number of carbonyl (C=O) groups is 3. The number of benzene rings is 1. The van der Waals surface area contributed by atoms with Gasteiger partial charge >= 0.3 is 12.1 Å². The molecule has 4 atom stereocenters. The number of ether oxygens (including phenoxy) is 2. The first-order valence-electron chi connectivity index (χ1n) is 14.1. The van der Waals surface area contributed by atoms with E-state index in [1.807, 2.05) is 42.5 Å². The largest absolute Gasteiger partial charge is 0.480 e. The maximum absolute atomic E-state index is 13.9. The van der Waals surface area contributed by atoms with Gasteiger partial charge in [-0.15, -0.1) is 6.58 Å². The number of nitrogens with zero attached hydrogens (tertiary/aromatic N) is 1. The number of allylic oxidation sites excluding steroid dienone is 4. The number of aliphatic carboxylic acids is 1. The number of carboxylic acid groups (broad SMARTS) is 1. The predicted molar refractivity (Wildman–Crippen MR) is 156 cm³/mol. The van der Waals surface area contributed by atoms with Crippen molar-refractivity contribution in [3.05, 3.63) is 66.8 Å². The van der Waals surface area contributed by atoms with E-state index in [0.717, 1.165) is 30.4 Å². The Bertz CT molecular complexity index is 1110. The van der Waals surface area contributed by atoms with Crippen molar-refractivity contribution in [2.75, 3.05) is 13.7 Å². The van der Waals surface area contributed by atoms with Gasteiger partial charge < -0.3 is 24.8 Å². The molecule has 0 bridgehead atoms. The third-order valence-corrected chi connectivity index (χ3v) is 7.60. The lowest BCUT2D eigenvalue weighted by molar-refractivity contribution is -0.149. The number of carboxylic acids is 1. The Morgan fingerprint density at radius 2 is 1.93 bits per heavy atom. The molecule has 0 radical (unpaired) electrons. The van der Waals surface area contributed by atoms with Crippen LogP contribution in [0.1, 0.15) is 71.3 Å². The molecule has 0 aromatic heterocycles. The van der Waals surface area contributed by atoms with Crippen LogP contribution < -0.4 is 5.32 Å². The number of hydrogen-bond acceptors (Lipinski definition) is 5. The predicted octanol–water partition coefficient (Wildman–Crippen LogP) is 5.75. The summed E-state index contributed by atoms with van der Waals surface area (Å²) in [6.45, 7) is 9.11. The minimum absolute atomic E-state index is 0.110. The minimum atomic E-state index is -1.09. The van der Waals surface area contributed by atoms with Crippen LogP contribution in [0.15, 0.2) is 61.2 Å². The van der Waals surface area contributed by atoms with Gasteiger partial charge in [0.05, 0.1) is 12.1 Å². The lowest BCUT2D eigenvalue weighted by atomic mass is 9.79. The molecule has 8 heteroatoms. The highest BCUT2D eigenvalue weighted by atomic mass is 16.6. The fourth-order valence-corrected chi connectivity index (χ4v) is 5.50. The third-order valence-electron chi connectivity index (χ3n) is 7.60. The normalized spacial score (nSPS) is 23.3. The zero-order valence-electron chi connectivity index (χ0n) is 24.2. The third kappa shape index (κ3) is 8.07. The van der Waals surface area contributed by atoms with E-state index in [9.17, 15) is 19.5 Å². The SMILES string of the molecule is C=CCCCCC[C@H](NC(=O)OC(C)(C)C)C(=O)N1C[C@](OC)(C2C=CC(c3ccccc3)=CC2)C[C@H]1C(=O)O. The lowest BCUT2D eigenvalue weighted by Gasteiger charge is -2.36. The summed E-state index contributed by atoms with van der Waals surface area (Å²) in [4.78, 5) is 40.3. The van der Waals surface area contributed by atoms with Crippen LogP contribution in [0.4, 0.5) is 4.79 Å². The van der Waals surface area contributed by atoms with Crippen molar-refractivity contribution in [1.82, 2.24) is 10.2 Å². The Morgan fingerprint density at radius 3 is 2.50 bits per heavy atom. The van der Waals surface area contributed by atoms with Crippen LogP contribution >= 0.6 is 0 Å². The van der Waals surface area contributed by atoms with Crippen molar-refractivity contribution in [2.45, 2.75) is 89.0 Å². The maximum Gasteiger partial charge on any atom is 0.408 e. The second-order valence-corrected chi connectivity index (χ2v) is 11.6. The van der Waals surface area contributed by atoms with E-state index in [-0.39, 0.29) is 18.9 Å². The average Bonchev–Trinajstić information content (AvgIpc) is 3.33. The number of likely N-dealkylation sites (tertiary alicyclic amines) is 1. The number of amides is 2. The van der Waals surface area contributed by atoms with E-state index in [4.69, 9.17) is 9.47 Å². The van der Waals surface area contributed by atoms with E-state index in [0.29, 0.717) is 19.3 Å². The van der Waals surface area contributed by atoms with Gasteiger partial charge in [-0.25, -0.2) is 9.59 Å². The second-order valence-electron chi connectivity index (χ2n) is 11.6. The van der Waals surface area contributed by atoms with Crippen molar-refractivity contribution in [2.24, 2.45) is 5.92 Å². The first-order valence-corrected chi connectivity index (χ1v) is 14.1. The zero-order valence-corrected chi connectivity index (χ0v) is 24.2. The van der Waals surface area contributed by atoms with E-state index in [1.165, 1.54) is 4.90 Å². The van der Waals surface area contributed by atoms with Gasteiger partial charge in [-0.2, -0.15) is 0 Å². The first kappa shape index (κ1) is 31.1. The number of unbranched alkanes of at least 4 members (excludes halogenated alkanes) is 3. The fourth-order valence-electron chi connectivity index (χ4n) is 5.50. The highest BCUT2D eigenvalue weighted by Gasteiger charge is 2.53. The standard InChI is InChI=1S/C32H44N2O6/c1-6-7-8-9-13-16-26(33-30(38)40-31(2,3)4)28(35)34-22-32(39-5,21-27(34)29(36)37)25-19-17-24(18-20-25)23-14-11-10-12-15-23/h6,10-12,14-15,17-19,25-27H,1,7-9,13,16,20-22H2,2-5H3,(H,33,38)(H,36,37)/t25?,26-,27-,32-/m0/s1. The Labute approximate surface area is 238 Å². The Kier molecular flexibility index (Phi) is 10.7. The molecule has 2 amide bonds. The van der Waals surface area contributed by atoms with E-state index in [2.05, 4.69) is 24.0 Å². The Balaban J connectivity index is 1.80. The molecule has 1 aliphatic carbocycles. The van der Waals surface area contributed by atoms with E-state index >= 15 is 0 Å². The van der Waals surface area contributed by atoms with Crippen LogP contribution in [-0.4, -0.2) is 64.9 Å². The van der Waals surface area contributed by atoms with Crippen LogP contribution in [0, 0.1) is 5.92 Å². The summed E-state index contributed by atoms with van der Waals surface area (Å²) < 4.78 is 11.4. The molecule has 1 aromatic rings. The summed E-state index contributed by atoms with van der Waals surface area (Å²) in [5.41, 5.74) is 0.610.